The number of nitrogens with two attached hydrogens (primary N) is 1. The van der Waals surface area contributed by atoms with Crippen LogP contribution in [0.4, 0.5) is 5.82 Å². The molecule has 1 aromatic carbocycles. The molecular weight excluding hydrogens is 478 g/mol. The molecule has 0 saturated carbocycles. The maximum absolute atomic E-state index is 11.6. The molecule has 0 unspecified atom stereocenters. The number of carbonyl (C=O) groups excluding carboxylic acids is 1. The topological polar surface area (TPSA) is 86.3 Å². The number of amides is 1. The molecule has 31 heavy (non-hydrogen) atoms. The normalized spacial score (nSPS) is 14.9. The lowest BCUT2D eigenvalue weighted by Crippen LogP contribution is -2.37. The zero-order chi connectivity index (χ0) is 22.0. The van der Waals surface area contributed by atoms with E-state index in [2.05, 4.69) is 25.5 Å². The number of halogens is 1. The van der Waals surface area contributed by atoms with Crippen molar-refractivity contribution in [3.05, 3.63) is 34.9 Å². The van der Waals surface area contributed by atoms with Crippen LogP contribution in [0, 0.1) is 5.92 Å². The first-order chi connectivity index (χ1) is 15.0. The molecule has 7 nitrogen and oxygen atoms in total. The number of methoxy groups -OCH3 is 1. The van der Waals surface area contributed by atoms with Crippen molar-refractivity contribution in [1.29, 1.82) is 0 Å². The number of benzene rings is 1. The summed E-state index contributed by atoms with van der Waals surface area (Å²) in [6.45, 7) is 4.19. The average Bonchev–Trinajstić information content (AvgIpc) is 3.12. The number of hydrogen-bond donors (Lipinski definition) is 1. The fourth-order valence-corrected chi connectivity index (χ4v) is 5.44. The summed E-state index contributed by atoms with van der Waals surface area (Å²) in [5.74, 6) is 2.00. The van der Waals surface area contributed by atoms with Crippen LogP contribution in [-0.2, 0) is 11.3 Å². The Labute approximate surface area is 194 Å². The fraction of sp³-hybridized carbons (Fsp3) is 0.409. The fourth-order valence-electron chi connectivity index (χ4n) is 3.98. The molecule has 1 fully saturated rings. The number of anilines is 1. The first kappa shape index (κ1) is 22.0. The molecule has 1 aliphatic rings. The number of rotatable bonds is 6. The Balaban J connectivity index is 1.59. The van der Waals surface area contributed by atoms with E-state index in [4.69, 9.17) is 15.5 Å². The van der Waals surface area contributed by atoms with Gasteiger partial charge in [0.15, 0.2) is 11.0 Å². The van der Waals surface area contributed by atoms with E-state index in [9.17, 15) is 4.79 Å². The van der Waals surface area contributed by atoms with Gasteiger partial charge in [-0.15, -0.1) is 0 Å². The highest BCUT2D eigenvalue weighted by Crippen LogP contribution is 2.38. The third-order valence-corrected chi connectivity index (χ3v) is 7.83. The third-order valence-electron chi connectivity index (χ3n) is 5.82. The van der Waals surface area contributed by atoms with Crippen molar-refractivity contribution in [3.63, 3.8) is 0 Å². The quantitative estimate of drug-likeness (QED) is 0.529. The van der Waals surface area contributed by atoms with Crippen LogP contribution in [0.2, 0.25) is 0 Å². The van der Waals surface area contributed by atoms with Crippen LogP contribution < -0.4 is 10.5 Å². The van der Waals surface area contributed by atoms with Gasteiger partial charge in [-0.3, -0.25) is 4.79 Å². The number of nitrogen functional groups attached to an aromatic ring is 1. The van der Waals surface area contributed by atoms with Crippen molar-refractivity contribution in [3.8, 4) is 5.75 Å². The van der Waals surface area contributed by atoms with Gasteiger partial charge in [0.25, 0.3) is 0 Å². The van der Waals surface area contributed by atoms with Gasteiger partial charge in [-0.1, -0.05) is 11.8 Å². The Hall–Kier alpha value is -2.26. The maximum atomic E-state index is 11.6. The largest absolute Gasteiger partial charge is 0.497 e. The van der Waals surface area contributed by atoms with Gasteiger partial charge in [-0.2, -0.15) is 0 Å². The van der Waals surface area contributed by atoms with Gasteiger partial charge in [0.2, 0.25) is 5.91 Å². The molecule has 4 rings (SSSR count). The summed E-state index contributed by atoms with van der Waals surface area (Å²) in [6, 6.07) is 7.87. The summed E-state index contributed by atoms with van der Waals surface area (Å²) >= 11 is 5.22. The van der Waals surface area contributed by atoms with Crippen molar-refractivity contribution in [2.24, 2.45) is 5.92 Å². The number of carbonyl (C=O) groups is 1. The predicted molar refractivity (Wildman–Crippen MR) is 126 cm³/mol. The average molecular weight is 504 g/mol. The summed E-state index contributed by atoms with van der Waals surface area (Å²) < 4.78 is 8.61. The Morgan fingerprint density at radius 2 is 2.10 bits per heavy atom. The second-order valence-electron chi connectivity index (χ2n) is 7.75. The van der Waals surface area contributed by atoms with Crippen molar-refractivity contribution in [1.82, 2.24) is 19.4 Å². The van der Waals surface area contributed by atoms with E-state index >= 15 is 0 Å². The van der Waals surface area contributed by atoms with Crippen LogP contribution in [0.1, 0.15) is 26.2 Å². The summed E-state index contributed by atoms with van der Waals surface area (Å²) in [4.78, 5) is 23.6. The summed E-state index contributed by atoms with van der Waals surface area (Å²) in [5.41, 5.74) is 7.85. The minimum Gasteiger partial charge on any atom is -0.497 e. The van der Waals surface area contributed by atoms with Gasteiger partial charge in [0.05, 0.1) is 12.6 Å². The summed E-state index contributed by atoms with van der Waals surface area (Å²) in [7, 11) is 1.66. The maximum Gasteiger partial charge on any atom is 0.219 e. The molecule has 164 valence electrons. The molecule has 1 saturated heterocycles. The predicted octanol–water partition coefficient (Wildman–Crippen LogP) is 4.58. The highest BCUT2D eigenvalue weighted by molar-refractivity contribution is 9.10. The van der Waals surface area contributed by atoms with Gasteiger partial charge >= 0.3 is 0 Å². The molecule has 9 heteroatoms. The van der Waals surface area contributed by atoms with Crippen molar-refractivity contribution >= 4 is 50.5 Å². The Kier molecular flexibility index (Phi) is 6.71. The minimum absolute atomic E-state index is 0.171. The van der Waals surface area contributed by atoms with E-state index < -0.39 is 0 Å². The molecule has 3 aromatic rings. The first-order valence-electron chi connectivity index (χ1n) is 10.3. The van der Waals surface area contributed by atoms with Gasteiger partial charge in [0.1, 0.15) is 11.3 Å². The van der Waals surface area contributed by atoms with Crippen LogP contribution in [0.5, 0.6) is 5.75 Å². The number of fused-ring (bicyclic) bond motifs is 1. The number of likely N-dealkylation sites (tertiary alicyclic amines) is 1. The molecule has 2 N–H and O–H groups in total. The number of nitrogens with zero attached hydrogens (tertiary/aromatic N) is 4. The SMILES string of the molecule is COc1ccc(Br)c(Sc2nc3c(N)nccc3n2CCC2CCN(C(C)=O)CC2)c1. The van der Waals surface area contributed by atoms with Crippen molar-refractivity contribution < 1.29 is 9.53 Å². The standard InChI is InChI=1S/C22H26BrN5O2S/c1-14(29)27-10-6-15(7-11-27)8-12-28-18-5-9-25-21(24)20(18)26-22(28)31-19-13-16(30-2)3-4-17(19)23/h3-5,9,13,15H,6-8,10-12H2,1-2H3,(H2,24,25). The first-order valence-corrected chi connectivity index (χ1v) is 11.9. The van der Waals surface area contributed by atoms with Crippen LogP contribution >= 0.6 is 27.7 Å². The smallest absolute Gasteiger partial charge is 0.219 e. The Morgan fingerprint density at radius 3 is 2.81 bits per heavy atom. The van der Waals surface area contributed by atoms with Crippen molar-refractivity contribution in [2.45, 2.75) is 42.8 Å². The molecule has 0 spiro atoms. The molecule has 1 amide bonds. The molecule has 1 aliphatic heterocycles. The lowest BCUT2D eigenvalue weighted by atomic mass is 9.93. The van der Waals surface area contributed by atoms with Gasteiger partial charge < -0.3 is 19.9 Å². The van der Waals surface area contributed by atoms with Crippen LogP contribution in [-0.4, -0.2) is 45.5 Å². The molecular formula is C22H26BrN5O2S. The molecule has 3 heterocycles. The third kappa shape index (κ3) is 4.82. The second-order valence-corrected chi connectivity index (χ2v) is 9.61. The number of imidazole rings is 1. The Bertz CT molecular complexity index is 1090. The molecule has 2 aromatic heterocycles. The molecule has 0 bridgehead atoms. The number of aryl methyl sites for hydroxylation is 1. The van der Waals surface area contributed by atoms with E-state index in [0.29, 0.717) is 11.7 Å². The summed E-state index contributed by atoms with van der Waals surface area (Å²) in [5, 5.41) is 0.879. The highest BCUT2D eigenvalue weighted by atomic mass is 79.9. The van der Waals surface area contributed by atoms with Gasteiger partial charge in [0, 0.05) is 42.1 Å². The monoisotopic (exact) mass is 503 g/mol. The van der Waals surface area contributed by atoms with Crippen LogP contribution in [0.15, 0.2) is 45.0 Å². The zero-order valence-electron chi connectivity index (χ0n) is 17.7. The van der Waals surface area contributed by atoms with Crippen molar-refractivity contribution in [2.75, 3.05) is 25.9 Å². The number of hydrogen-bond acceptors (Lipinski definition) is 6. The lowest BCUT2D eigenvalue weighted by Gasteiger charge is -2.31. The number of ether oxygens (including phenoxy) is 1. The van der Waals surface area contributed by atoms with Gasteiger partial charge in [-0.25, -0.2) is 9.97 Å². The molecule has 0 radical (unpaired) electrons. The number of pyridine rings is 1. The van der Waals surface area contributed by atoms with Crippen LogP contribution in [0.3, 0.4) is 0 Å². The van der Waals surface area contributed by atoms with Crippen LogP contribution in [0.25, 0.3) is 11.0 Å². The zero-order valence-corrected chi connectivity index (χ0v) is 20.1. The minimum atomic E-state index is 0.171. The van der Waals surface area contributed by atoms with E-state index in [0.717, 1.165) is 70.2 Å². The van der Waals surface area contributed by atoms with E-state index in [-0.39, 0.29) is 5.91 Å². The number of piperidine rings is 1. The lowest BCUT2D eigenvalue weighted by molar-refractivity contribution is -0.130. The second kappa shape index (κ2) is 9.48. The van der Waals surface area contributed by atoms with E-state index in [1.807, 2.05) is 29.2 Å². The Morgan fingerprint density at radius 1 is 1.32 bits per heavy atom. The van der Waals surface area contributed by atoms with E-state index in [1.165, 1.54) is 0 Å². The number of aromatic nitrogens is 3. The van der Waals surface area contributed by atoms with Gasteiger partial charge in [-0.05, 0) is 65.4 Å². The molecule has 0 atom stereocenters. The summed E-state index contributed by atoms with van der Waals surface area (Å²) in [6.07, 6.45) is 4.85. The molecule has 0 aliphatic carbocycles. The highest BCUT2D eigenvalue weighted by Gasteiger charge is 2.22. The van der Waals surface area contributed by atoms with E-state index in [1.54, 1.807) is 32.0 Å².